The Morgan fingerprint density at radius 3 is 2.07 bits per heavy atom. The van der Waals surface area contributed by atoms with Crippen molar-refractivity contribution in [1.29, 1.82) is 0 Å². The van der Waals surface area contributed by atoms with Gasteiger partial charge in [0, 0.05) is 5.56 Å². The number of amides is 2. The van der Waals surface area contributed by atoms with Gasteiger partial charge in [0.15, 0.2) is 11.5 Å². The van der Waals surface area contributed by atoms with Crippen molar-refractivity contribution in [2.24, 2.45) is 0 Å². The number of benzene rings is 2. The van der Waals surface area contributed by atoms with Crippen molar-refractivity contribution in [3.63, 3.8) is 0 Å². The zero-order chi connectivity index (χ0) is 19.0. The Kier molecular flexibility index (Phi) is 4.33. The molecule has 140 valence electrons. The smallest absolute Gasteiger partial charge is 0.261 e. The van der Waals surface area contributed by atoms with E-state index < -0.39 is 5.79 Å². The van der Waals surface area contributed by atoms with Crippen molar-refractivity contribution in [3.8, 4) is 11.5 Å². The van der Waals surface area contributed by atoms with E-state index in [0.29, 0.717) is 41.4 Å². The van der Waals surface area contributed by atoms with Crippen LogP contribution in [0.4, 0.5) is 0 Å². The first-order valence-corrected chi connectivity index (χ1v) is 8.55. The van der Waals surface area contributed by atoms with Gasteiger partial charge in [-0.1, -0.05) is 12.1 Å². The molecule has 0 atom stereocenters. The van der Waals surface area contributed by atoms with Gasteiger partial charge in [0.2, 0.25) is 5.79 Å². The third-order valence-electron chi connectivity index (χ3n) is 4.82. The quantitative estimate of drug-likeness (QED) is 0.753. The Hall–Kier alpha value is -2.90. The second kappa shape index (κ2) is 6.68. The van der Waals surface area contributed by atoms with Crippen LogP contribution in [0.2, 0.25) is 0 Å². The van der Waals surface area contributed by atoms with Crippen molar-refractivity contribution in [2.45, 2.75) is 5.79 Å². The van der Waals surface area contributed by atoms with Crippen LogP contribution in [-0.4, -0.2) is 50.7 Å². The maximum absolute atomic E-state index is 12.7. The Labute approximate surface area is 156 Å². The van der Waals surface area contributed by atoms with Gasteiger partial charge >= 0.3 is 0 Å². The van der Waals surface area contributed by atoms with E-state index in [1.807, 2.05) is 0 Å². The maximum Gasteiger partial charge on any atom is 0.261 e. The standard InChI is InChI=1S/C20H19NO6/c1-24-16-8-7-13(11-17(16)25-2)20(26-9-10-27-20)12-21-18(22)14-5-3-4-6-15(14)19(21)23/h3-8,11H,9-10,12H2,1-2H3. The molecule has 1 fully saturated rings. The average molecular weight is 369 g/mol. The highest BCUT2D eigenvalue weighted by atomic mass is 16.7. The molecule has 0 saturated carbocycles. The van der Waals surface area contributed by atoms with Crippen LogP contribution in [-0.2, 0) is 15.3 Å². The molecular weight excluding hydrogens is 350 g/mol. The predicted molar refractivity (Wildman–Crippen MR) is 94.9 cm³/mol. The van der Waals surface area contributed by atoms with Crippen LogP contribution in [0, 0.1) is 0 Å². The van der Waals surface area contributed by atoms with Crippen LogP contribution < -0.4 is 9.47 Å². The molecule has 0 N–H and O–H groups in total. The van der Waals surface area contributed by atoms with Gasteiger partial charge in [-0.2, -0.15) is 0 Å². The summed E-state index contributed by atoms with van der Waals surface area (Å²) in [5.74, 6) is -0.873. The van der Waals surface area contributed by atoms with Gasteiger partial charge in [0.05, 0.1) is 45.1 Å². The molecule has 0 bridgehead atoms. The molecule has 7 heteroatoms. The van der Waals surface area contributed by atoms with Gasteiger partial charge in [-0.3, -0.25) is 14.5 Å². The lowest BCUT2D eigenvalue weighted by atomic mass is 10.0. The molecule has 0 aromatic heterocycles. The fourth-order valence-electron chi connectivity index (χ4n) is 3.47. The summed E-state index contributed by atoms with van der Waals surface area (Å²) in [6, 6.07) is 12.0. The third-order valence-corrected chi connectivity index (χ3v) is 4.82. The first-order valence-electron chi connectivity index (χ1n) is 8.55. The van der Waals surface area contributed by atoms with Crippen molar-refractivity contribution >= 4 is 11.8 Å². The molecular formula is C20H19NO6. The summed E-state index contributed by atoms with van der Waals surface area (Å²) in [6.07, 6.45) is 0. The fraction of sp³-hybridized carbons (Fsp3) is 0.300. The van der Waals surface area contributed by atoms with Gasteiger partial charge in [-0.05, 0) is 30.3 Å². The van der Waals surface area contributed by atoms with Crippen LogP contribution in [0.3, 0.4) is 0 Å². The van der Waals surface area contributed by atoms with E-state index in [1.54, 1.807) is 49.6 Å². The van der Waals surface area contributed by atoms with Crippen molar-refractivity contribution in [3.05, 3.63) is 59.2 Å². The van der Waals surface area contributed by atoms with E-state index >= 15 is 0 Å². The highest BCUT2D eigenvalue weighted by Crippen LogP contribution is 2.39. The van der Waals surface area contributed by atoms with Crippen LogP contribution in [0.25, 0.3) is 0 Å². The van der Waals surface area contributed by atoms with Crippen LogP contribution in [0.1, 0.15) is 26.3 Å². The predicted octanol–water partition coefficient (Wildman–Crippen LogP) is 2.20. The minimum Gasteiger partial charge on any atom is -0.493 e. The molecule has 1 saturated heterocycles. The Bertz CT molecular complexity index is 868. The Morgan fingerprint density at radius 1 is 0.926 bits per heavy atom. The number of hydrogen-bond donors (Lipinski definition) is 0. The van der Waals surface area contributed by atoms with Gasteiger partial charge in [-0.15, -0.1) is 0 Å². The second-order valence-corrected chi connectivity index (χ2v) is 6.26. The monoisotopic (exact) mass is 369 g/mol. The summed E-state index contributed by atoms with van der Waals surface area (Å²) in [5, 5.41) is 0. The van der Waals surface area contributed by atoms with Gasteiger partial charge in [0.25, 0.3) is 11.8 Å². The molecule has 27 heavy (non-hydrogen) atoms. The van der Waals surface area contributed by atoms with Crippen molar-refractivity contribution in [2.75, 3.05) is 34.0 Å². The summed E-state index contributed by atoms with van der Waals surface area (Å²) >= 11 is 0. The molecule has 4 rings (SSSR count). The van der Waals surface area contributed by atoms with Gasteiger partial charge < -0.3 is 18.9 Å². The lowest BCUT2D eigenvalue weighted by Gasteiger charge is -2.31. The Balaban J connectivity index is 1.70. The van der Waals surface area contributed by atoms with Crippen LogP contribution >= 0.6 is 0 Å². The number of carbonyl (C=O) groups is 2. The largest absolute Gasteiger partial charge is 0.493 e. The van der Waals surface area contributed by atoms with Crippen molar-refractivity contribution in [1.82, 2.24) is 4.90 Å². The number of rotatable bonds is 5. The number of carbonyl (C=O) groups excluding carboxylic acids is 2. The first-order chi connectivity index (χ1) is 13.1. The Morgan fingerprint density at radius 2 is 1.52 bits per heavy atom. The molecule has 7 nitrogen and oxygen atoms in total. The number of ether oxygens (including phenoxy) is 4. The number of fused-ring (bicyclic) bond motifs is 1. The number of hydrogen-bond acceptors (Lipinski definition) is 6. The number of nitrogens with zero attached hydrogens (tertiary/aromatic N) is 1. The van der Waals surface area contributed by atoms with Gasteiger partial charge in [0.1, 0.15) is 0 Å². The molecule has 0 radical (unpaired) electrons. The molecule has 2 aliphatic heterocycles. The van der Waals surface area contributed by atoms with E-state index in [9.17, 15) is 9.59 Å². The van der Waals surface area contributed by atoms with Crippen molar-refractivity contribution < 1.29 is 28.5 Å². The third kappa shape index (κ3) is 2.75. The van der Waals surface area contributed by atoms with Crippen LogP contribution in [0.15, 0.2) is 42.5 Å². The lowest BCUT2D eigenvalue weighted by Crippen LogP contribution is -2.44. The molecule has 0 unspecified atom stereocenters. The second-order valence-electron chi connectivity index (χ2n) is 6.26. The van der Waals surface area contributed by atoms with Gasteiger partial charge in [-0.25, -0.2) is 0 Å². The lowest BCUT2D eigenvalue weighted by molar-refractivity contribution is -0.171. The summed E-state index contributed by atoms with van der Waals surface area (Å²) in [7, 11) is 3.09. The summed E-state index contributed by atoms with van der Waals surface area (Å²) < 4.78 is 22.4. The maximum atomic E-state index is 12.7. The average Bonchev–Trinajstić information content (AvgIpc) is 3.28. The number of methoxy groups -OCH3 is 2. The normalized spacial score (nSPS) is 17.9. The molecule has 2 heterocycles. The van der Waals surface area contributed by atoms with E-state index in [-0.39, 0.29) is 18.4 Å². The van der Waals surface area contributed by atoms with Crippen LogP contribution in [0.5, 0.6) is 11.5 Å². The summed E-state index contributed by atoms with van der Waals surface area (Å²) in [6.45, 7) is 0.670. The molecule has 2 aliphatic rings. The molecule has 2 amide bonds. The zero-order valence-electron chi connectivity index (χ0n) is 15.1. The number of imide groups is 1. The van der Waals surface area contributed by atoms with E-state index in [0.717, 1.165) is 0 Å². The molecule has 2 aromatic carbocycles. The first kappa shape index (κ1) is 17.5. The summed E-state index contributed by atoms with van der Waals surface area (Å²) in [4.78, 5) is 26.7. The zero-order valence-corrected chi connectivity index (χ0v) is 15.1. The highest BCUT2D eigenvalue weighted by molar-refractivity contribution is 6.21. The minimum absolute atomic E-state index is 0.0468. The fourth-order valence-corrected chi connectivity index (χ4v) is 3.47. The highest BCUT2D eigenvalue weighted by Gasteiger charge is 2.46. The van der Waals surface area contributed by atoms with E-state index in [2.05, 4.69) is 0 Å². The molecule has 0 spiro atoms. The minimum atomic E-state index is -1.24. The van der Waals surface area contributed by atoms with E-state index in [1.165, 1.54) is 12.0 Å². The topological polar surface area (TPSA) is 74.3 Å². The SMILES string of the molecule is COc1ccc(C2(CN3C(=O)c4ccccc4C3=O)OCCO2)cc1OC. The van der Waals surface area contributed by atoms with E-state index in [4.69, 9.17) is 18.9 Å². The molecule has 0 aliphatic carbocycles. The summed E-state index contributed by atoms with van der Waals surface area (Å²) in [5.41, 5.74) is 1.43. The molecule has 2 aromatic rings.